The Morgan fingerprint density at radius 1 is 1.11 bits per heavy atom. The smallest absolute Gasteiger partial charge is 0.210 e. The predicted molar refractivity (Wildman–Crippen MR) is 102 cm³/mol. The number of hydrogen-bond donors (Lipinski definition) is 0. The molecule has 0 radical (unpaired) electrons. The lowest BCUT2D eigenvalue weighted by molar-refractivity contribution is -0.125. The zero-order chi connectivity index (χ0) is 19.8. The number of sulfone groups is 1. The van der Waals surface area contributed by atoms with E-state index < -0.39 is 15.4 Å². The summed E-state index contributed by atoms with van der Waals surface area (Å²) in [4.78, 5) is 17.2. The van der Waals surface area contributed by atoms with Crippen LogP contribution in [0.25, 0.3) is 11.3 Å². The van der Waals surface area contributed by atoms with Crippen molar-refractivity contribution < 1.29 is 22.7 Å². The first-order valence-electron chi connectivity index (χ1n) is 8.51. The summed E-state index contributed by atoms with van der Waals surface area (Å²) in [5, 5.41) is 0. The van der Waals surface area contributed by atoms with Crippen LogP contribution in [0.3, 0.4) is 0 Å². The van der Waals surface area contributed by atoms with E-state index in [0.29, 0.717) is 34.9 Å². The first-order valence-corrected chi connectivity index (χ1v) is 10.4. The van der Waals surface area contributed by atoms with Crippen molar-refractivity contribution in [2.75, 3.05) is 12.9 Å². The van der Waals surface area contributed by atoms with Gasteiger partial charge in [-0.05, 0) is 50.6 Å². The molecule has 3 rings (SSSR count). The van der Waals surface area contributed by atoms with Crippen LogP contribution < -0.4 is 4.74 Å². The number of benzene rings is 1. The molecule has 0 unspecified atom stereocenters. The zero-order valence-corrected chi connectivity index (χ0v) is 16.5. The normalized spacial score (nSPS) is 16.4. The molecule has 0 saturated carbocycles. The third kappa shape index (κ3) is 3.73. The van der Waals surface area contributed by atoms with E-state index in [4.69, 9.17) is 9.47 Å². The SMILES string of the molecule is CCOc1ccc(C2=C(c3ccc(S(C)(=O)=O)cn3)OC(C)(C)C2=O)cc1. The first-order chi connectivity index (χ1) is 12.6. The maximum atomic E-state index is 12.9. The number of pyridine rings is 1. The lowest BCUT2D eigenvalue weighted by Crippen LogP contribution is -2.29. The van der Waals surface area contributed by atoms with Crippen LogP contribution in [0.1, 0.15) is 32.0 Å². The fourth-order valence-corrected chi connectivity index (χ4v) is 3.38. The van der Waals surface area contributed by atoms with Gasteiger partial charge in [0, 0.05) is 12.5 Å². The number of carbonyl (C=O) groups is 1. The molecule has 27 heavy (non-hydrogen) atoms. The Balaban J connectivity index is 2.09. The quantitative estimate of drug-likeness (QED) is 0.784. The van der Waals surface area contributed by atoms with Crippen molar-refractivity contribution in [3.63, 3.8) is 0 Å². The molecule has 0 saturated heterocycles. The number of aromatic nitrogens is 1. The van der Waals surface area contributed by atoms with Crippen LogP contribution in [0.2, 0.25) is 0 Å². The third-order valence-corrected chi connectivity index (χ3v) is 5.31. The van der Waals surface area contributed by atoms with E-state index in [-0.39, 0.29) is 10.7 Å². The Morgan fingerprint density at radius 2 is 1.78 bits per heavy atom. The molecule has 0 fully saturated rings. The number of ether oxygens (including phenoxy) is 2. The van der Waals surface area contributed by atoms with Gasteiger partial charge in [-0.15, -0.1) is 0 Å². The van der Waals surface area contributed by atoms with Gasteiger partial charge in [0.05, 0.1) is 17.1 Å². The number of ketones is 1. The average molecular weight is 387 g/mol. The van der Waals surface area contributed by atoms with Crippen LogP contribution in [0.4, 0.5) is 0 Å². The van der Waals surface area contributed by atoms with Crippen LogP contribution in [0, 0.1) is 0 Å². The second-order valence-corrected chi connectivity index (χ2v) is 8.77. The summed E-state index contributed by atoms with van der Waals surface area (Å²) in [5.41, 5.74) is 0.492. The van der Waals surface area contributed by atoms with Gasteiger partial charge in [0.2, 0.25) is 5.78 Å². The topological polar surface area (TPSA) is 82.6 Å². The van der Waals surface area contributed by atoms with Crippen molar-refractivity contribution in [2.45, 2.75) is 31.3 Å². The fourth-order valence-electron chi connectivity index (χ4n) is 2.82. The molecule has 7 heteroatoms. The molecular weight excluding hydrogens is 366 g/mol. The van der Waals surface area contributed by atoms with Crippen LogP contribution in [-0.2, 0) is 19.4 Å². The lowest BCUT2D eigenvalue weighted by atomic mass is 9.93. The van der Waals surface area contributed by atoms with Gasteiger partial charge in [-0.3, -0.25) is 9.78 Å². The van der Waals surface area contributed by atoms with E-state index in [2.05, 4.69) is 4.98 Å². The second-order valence-electron chi connectivity index (χ2n) is 6.75. The molecule has 0 spiro atoms. The third-order valence-electron chi connectivity index (χ3n) is 4.21. The second kappa shape index (κ2) is 6.81. The molecule has 1 aliphatic rings. The molecule has 1 aliphatic heterocycles. The number of nitrogens with zero attached hydrogens (tertiary/aromatic N) is 1. The van der Waals surface area contributed by atoms with Gasteiger partial charge in [-0.2, -0.15) is 0 Å². The van der Waals surface area contributed by atoms with E-state index in [9.17, 15) is 13.2 Å². The molecule has 6 nitrogen and oxygen atoms in total. The molecule has 0 bridgehead atoms. The molecule has 2 aromatic rings. The standard InChI is InChI=1S/C20H21NO5S/c1-5-25-14-8-6-13(7-9-14)17-18(26-20(2,3)19(17)22)16-11-10-15(12-21-16)27(4,23)24/h6-12H,5H2,1-4H3. The van der Waals surface area contributed by atoms with E-state index >= 15 is 0 Å². The van der Waals surface area contributed by atoms with Gasteiger partial charge >= 0.3 is 0 Å². The lowest BCUT2D eigenvalue weighted by Gasteiger charge is -2.17. The Bertz CT molecular complexity index is 1000. The molecule has 0 aliphatic carbocycles. The van der Waals surface area contributed by atoms with Gasteiger partial charge < -0.3 is 9.47 Å². The summed E-state index contributed by atoms with van der Waals surface area (Å²) in [6.07, 6.45) is 2.39. The molecule has 0 atom stereocenters. The van der Waals surface area contributed by atoms with Crippen molar-refractivity contribution in [1.82, 2.24) is 4.98 Å². The molecule has 0 N–H and O–H groups in total. The summed E-state index contributed by atoms with van der Waals surface area (Å²) in [5.74, 6) is 0.898. The van der Waals surface area contributed by atoms with Crippen LogP contribution >= 0.6 is 0 Å². The Labute approximate surface area is 158 Å². The van der Waals surface area contributed by atoms with Crippen molar-refractivity contribution in [3.05, 3.63) is 53.9 Å². The number of rotatable bonds is 5. The van der Waals surface area contributed by atoms with Gasteiger partial charge in [0.25, 0.3) is 0 Å². The minimum Gasteiger partial charge on any atom is -0.494 e. The summed E-state index contributed by atoms with van der Waals surface area (Å²) >= 11 is 0. The first kappa shape index (κ1) is 19.1. The Kier molecular flexibility index (Phi) is 4.82. The molecule has 2 heterocycles. The molecule has 0 amide bonds. The fraction of sp³-hybridized carbons (Fsp3) is 0.300. The van der Waals surface area contributed by atoms with Crippen molar-refractivity contribution in [1.29, 1.82) is 0 Å². The van der Waals surface area contributed by atoms with E-state index in [1.807, 2.05) is 6.92 Å². The summed E-state index contributed by atoms with van der Waals surface area (Å²) < 4.78 is 34.6. The van der Waals surface area contributed by atoms with Gasteiger partial charge in [0.15, 0.2) is 21.2 Å². The molecule has 1 aromatic carbocycles. The average Bonchev–Trinajstić information content (AvgIpc) is 2.85. The van der Waals surface area contributed by atoms with Crippen molar-refractivity contribution in [3.8, 4) is 5.75 Å². The van der Waals surface area contributed by atoms with E-state index in [1.54, 1.807) is 44.2 Å². The van der Waals surface area contributed by atoms with Crippen LogP contribution in [-0.4, -0.2) is 37.6 Å². The highest BCUT2D eigenvalue weighted by Gasteiger charge is 2.43. The highest BCUT2D eigenvalue weighted by Crippen LogP contribution is 2.41. The maximum Gasteiger partial charge on any atom is 0.210 e. The van der Waals surface area contributed by atoms with Crippen molar-refractivity contribution >= 4 is 27.0 Å². The minimum absolute atomic E-state index is 0.109. The monoisotopic (exact) mass is 387 g/mol. The highest BCUT2D eigenvalue weighted by molar-refractivity contribution is 7.90. The highest BCUT2D eigenvalue weighted by atomic mass is 32.2. The van der Waals surface area contributed by atoms with Gasteiger partial charge in [-0.25, -0.2) is 8.42 Å². The molecule has 142 valence electrons. The molecule has 1 aromatic heterocycles. The zero-order valence-electron chi connectivity index (χ0n) is 15.6. The number of hydrogen-bond acceptors (Lipinski definition) is 6. The number of carbonyl (C=O) groups excluding carboxylic acids is 1. The van der Waals surface area contributed by atoms with E-state index in [0.717, 1.165) is 6.26 Å². The largest absolute Gasteiger partial charge is 0.494 e. The van der Waals surface area contributed by atoms with Crippen LogP contribution in [0.15, 0.2) is 47.5 Å². The summed E-state index contributed by atoms with van der Waals surface area (Å²) in [7, 11) is -3.35. The Hall–Kier alpha value is -2.67. The summed E-state index contributed by atoms with van der Waals surface area (Å²) in [6.45, 7) is 5.85. The maximum absolute atomic E-state index is 12.9. The van der Waals surface area contributed by atoms with E-state index in [1.165, 1.54) is 12.3 Å². The molecular formula is C20H21NO5S. The predicted octanol–water partition coefficient (Wildman–Crippen LogP) is 3.13. The van der Waals surface area contributed by atoms with Crippen molar-refractivity contribution in [2.24, 2.45) is 0 Å². The summed E-state index contributed by atoms with van der Waals surface area (Å²) in [6, 6.07) is 10.2. The Morgan fingerprint density at radius 3 is 2.30 bits per heavy atom. The van der Waals surface area contributed by atoms with Gasteiger partial charge in [-0.1, -0.05) is 12.1 Å². The number of Topliss-reactive ketones (excluding diaryl/α,β-unsaturated/α-hetero) is 1. The minimum atomic E-state index is -3.35. The van der Waals surface area contributed by atoms with Gasteiger partial charge in [0.1, 0.15) is 11.4 Å². The van der Waals surface area contributed by atoms with Crippen LogP contribution in [0.5, 0.6) is 5.75 Å².